The minimum Gasteiger partial charge on any atom is -0.258 e. The minimum atomic E-state index is -0.127. The SMILES string of the molecule is CCN(CC)P(N1CCCC1)N1CCCC1. The first-order valence-electron chi connectivity index (χ1n) is 6.91. The molecule has 4 heteroatoms. The third-order valence-corrected chi connectivity index (χ3v) is 6.54. The highest BCUT2D eigenvalue weighted by Crippen LogP contribution is 2.50. The largest absolute Gasteiger partial charge is 0.258 e. The fourth-order valence-corrected chi connectivity index (χ4v) is 5.63. The quantitative estimate of drug-likeness (QED) is 0.687. The molecule has 16 heavy (non-hydrogen) atoms. The van der Waals surface area contributed by atoms with Gasteiger partial charge in [0.05, 0.1) is 0 Å². The molecule has 2 aliphatic heterocycles. The van der Waals surface area contributed by atoms with Gasteiger partial charge in [0.1, 0.15) is 8.37 Å². The molecule has 2 rings (SSSR count). The maximum Gasteiger partial charge on any atom is 0.120 e. The summed E-state index contributed by atoms with van der Waals surface area (Å²) in [6.07, 6.45) is 5.64. The van der Waals surface area contributed by atoms with E-state index in [-0.39, 0.29) is 8.37 Å². The Balaban J connectivity index is 2.03. The van der Waals surface area contributed by atoms with Crippen molar-refractivity contribution in [3.63, 3.8) is 0 Å². The first-order chi connectivity index (χ1) is 7.86. The van der Waals surface area contributed by atoms with E-state index in [1.807, 2.05) is 0 Å². The van der Waals surface area contributed by atoms with Crippen molar-refractivity contribution >= 4 is 8.37 Å². The Kier molecular flexibility index (Phi) is 5.02. The molecule has 2 heterocycles. The summed E-state index contributed by atoms with van der Waals surface area (Å²) in [5.74, 6) is 0. The fraction of sp³-hybridized carbons (Fsp3) is 1.00. The van der Waals surface area contributed by atoms with E-state index in [0.717, 1.165) is 0 Å². The Bertz CT molecular complexity index is 178. The van der Waals surface area contributed by atoms with Crippen LogP contribution in [0.1, 0.15) is 39.5 Å². The van der Waals surface area contributed by atoms with Gasteiger partial charge in [-0.3, -0.25) is 14.0 Å². The van der Waals surface area contributed by atoms with Crippen LogP contribution in [0, 0.1) is 0 Å². The van der Waals surface area contributed by atoms with Crippen molar-refractivity contribution in [2.24, 2.45) is 0 Å². The molecule has 0 unspecified atom stereocenters. The highest BCUT2D eigenvalue weighted by Gasteiger charge is 2.33. The molecule has 0 spiro atoms. The van der Waals surface area contributed by atoms with Crippen molar-refractivity contribution in [2.45, 2.75) is 39.5 Å². The summed E-state index contributed by atoms with van der Waals surface area (Å²) in [5.41, 5.74) is 0. The average Bonchev–Trinajstić information content (AvgIpc) is 2.98. The third kappa shape index (κ3) is 2.76. The van der Waals surface area contributed by atoms with Gasteiger partial charge in [0.2, 0.25) is 0 Å². The lowest BCUT2D eigenvalue weighted by atomic mass is 10.4. The minimum absolute atomic E-state index is 0.127. The topological polar surface area (TPSA) is 9.72 Å². The van der Waals surface area contributed by atoms with Crippen LogP contribution in [0.3, 0.4) is 0 Å². The van der Waals surface area contributed by atoms with Crippen LogP contribution in [0.2, 0.25) is 0 Å². The van der Waals surface area contributed by atoms with Crippen LogP contribution in [-0.2, 0) is 0 Å². The standard InChI is InChI=1S/C12H26N3P/c1-3-13(4-2)16(14-9-5-6-10-14)15-11-7-8-12-15/h3-12H2,1-2H3. The molecule has 2 aliphatic rings. The first kappa shape index (κ1) is 12.8. The molecule has 2 saturated heterocycles. The van der Waals surface area contributed by atoms with Crippen LogP contribution >= 0.6 is 8.37 Å². The van der Waals surface area contributed by atoms with Crippen LogP contribution < -0.4 is 0 Å². The molecule has 0 N–H and O–H groups in total. The monoisotopic (exact) mass is 243 g/mol. The maximum atomic E-state index is 2.76. The van der Waals surface area contributed by atoms with Crippen LogP contribution in [0.25, 0.3) is 0 Å². The Morgan fingerprint density at radius 1 is 0.812 bits per heavy atom. The van der Waals surface area contributed by atoms with E-state index >= 15 is 0 Å². The van der Waals surface area contributed by atoms with E-state index in [1.54, 1.807) is 0 Å². The Hall–Kier alpha value is 0.310. The summed E-state index contributed by atoms with van der Waals surface area (Å²) in [7, 11) is -0.127. The van der Waals surface area contributed by atoms with Gasteiger partial charge in [-0.05, 0) is 25.7 Å². The lowest BCUT2D eigenvalue weighted by molar-refractivity contribution is 0.379. The van der Waals surface area contributed by atoms with Crippen molar-refractivity contribution in [1.82, 2.24) is 14.0 Å². The van der Waals surface area contributed by atoms with E-state index in [9.17, 15) is 0 Å². The molecule has 0 atom stereocenters. The summed E-state index contributed by atoms with van der Waals surface area (Å²) in [4.78, 5) is 0. The molecule has 3 nitrogen and oxygen atoms in total. The van der Waals surface area contributed by atoms with E-state index in [2.05, 4.69) is 27.9 Å². The van der Waals surface area contributed by atoms with E-state index in [4.69, 9.17) is 0 Å². The summed E-state index contributed by atoms with van der Waals surface area (Å²) < 4.78 is 8.20. The maximum absolute atomic E-state index is 2.76. The molecule has 2 fully saturated rings. The summed E-state index contributed by atoms with van der Waals surface area (Å²) in [6, 6.07) is 0. The predicted octanol–water partition coefficient (Wildman–Crippen LogP) is 2.75. The second kappa shape index (κ2) is 6.30. The van der Waals surface area contributed by atoms with E-state index < -0.39 is 0 Å². The van der Waals surface area contributed by atoms with Gasteiger partial charge >= 0.3 is 0 Å². The van der Waals surface area contributed by atoms with Gasteiger partial charge in [-0.25, -0.2) is 0 Å². The molecule has 0 aromatic heterocycles. The molecule has 0 aliphatic carbocycles. The van der Waals surface area contributed by atoms with E-state index in [1.165, 1.54) is 65.0 Å². The average molecular weight is 243 g/mol. The molecule has 0 radical (unpaired) electrons. The normalized spacial score (nSPS) is 24.0. The number of rotatable bonds is 5. The number of nitrogens with zero attached hydrogens (tertiary/aromatic N) is 3. The van der Waals surface area contributed by atoms with Crippen molar-refractivity contribution < 1.29 is 0 Å². The predicted molar refractivity (Wildman–Crippen MR) is 71.5 cm³/mol. The Morgan fingerprint density at radius 2 is 1.19 bits per heavy atom. The first-order valence-corrected chi connectivity index (χ1v) is 8.11. The highest BCUT2D eigenvalue weighted by molar-refractivity contribution is 7.50. The Labute approximate surface area is 102 Å². The smallest absolute Gasteiger partial charge is 0.120 e. The van der Waals surface area contributed by atoms with Gasteiger partial charge in [-0.2, -0.15) is 0 Å². The molecule has 0 saturated carbocycles. The van der Waals surface area contributed by atoms with Crippen molar-refractivity contribution in [2.75, 3.05) is 39.3 Å². The van der Waals surface area contributed by atoms with Crippen LogP contribution in [0.5, 0.6) is 0 Å². The van der Waals surface area contributed by atoms with Gasteiger partial charge in [0.25, 0.3) is 0 Å². The summed E-state index contributed by atoms with van der Waals surface area (Å²) in [5, 5.41) is 0. The highest BCUT2D eigenvalue weighted by atomic mass is 31.2. The lowest BCUT2D eigenvalue weighted by Crippen LogP contribution is -2.35. The molecule has 94 valence electrons. The molecule has 0 amide bonds. The molecular formula is C12H26N3P. The third-order valence-electron chi connectivity index (χ3n) is 3.65. The molecular weight excluding hydrogens is 217 g/mol. The van der Waals surface area contributed by atoms with Gasteiger partial charge in [0.15, 0.2) is 0 Å². The van der Waals surface area contributed by atoms with Crippen LogP contribution in [0.4, 0.5) is 0 Å². The summed E-state index contributed by atoms with van der Waals surface area (Å²) >= 11 is 0. The Morgan fingerprint density at radius 3 is 1.50 bits per heavy atom. The van der Waals surface area contributed by atoms with Gasteiger partial charge < -0.3 is 0 Å². The number of hydrogen-bond acceptors (Lipinski definition) is 3. The number of hydrogen-bond donors (Lipinski definition) is 0. The van der Waals surface area contributed by atoms with Crippen molar-refractivity contribution in [1.29, 1.82) is 0 Å². The van der Waals surface area contributed by atoms with E-state index in [0.29, 0.717) is 0 Å². The van der Waals surface area contributed by atoms with Crippen molar-refractivity contribution in [3.8, 4) is 0 Å². The zero-order valence-corrected chi connectivity index (χ0v) is 11.8. The second-order valence-corrected chi connectivity index (χ2v) is 6.96. The van der Waals surface area contributed by atoms with Gasteiger partial charge in [0, 0.05) is 39.3 Å². The second-order valence-electron chi connectivity index (χ2n) is 4.73. The molecule has 0 aromatic carbocycles. The summed E-state index contributed by atoms with van der Waals surface area (Å²) in [6.45, 7) is 12.4. The zero-order valence-electron chi connectivity index (χ0n) is 10.9. The van der Waals surface area contributed by atoms with Crippen LogP contribution in [-0.4, -0.2) is 53.3 Å². The van der Waals surface area contributed by atoms with Gasteiger partial charge in [-0.15, -0.1) is 0 Å². The van der Waals surface area contributed by atoms with Gasteiger partial charge in [-0.1, -0.05) is 13.8 Å². The zero-order chi connectivity index (χ0) is 11.4. The fourth-order valence-electron chi connectivity index (χ4n) is 2.77. The molecule has 0 bridgehead atoms. The molecule has 0 aromatic rings. The van der Waals surface area contributed by atoms with Crippen molar-refractivity contribution in [3.05, 3.63) is 0 Å². The van der Waals surface area contributed by atoms with Crippen LogP contribution in [0.15, 0.2) is 0 Å². The lowest BCUT2D eigenvalue weighted by Gasteiger charge is -2.41.